The van der Waals surface area contributed by atoms with Gasteiger partial charge in [-0.15, -0.1) is 0 Å². The summed E-state index contributed by atoms with van der Waals surface area (Å²) in [5, 5.41) is 17.0. The maximum absolute atomic E-state index is 8.39. The maximum Gasteiger partial charge on any atom is 0.707 e. The van der Waals surface area contributed by atoms with Crippen LogP contribution in [-0.2, 0) is 9.08 Å². The summed E-state index contributed by atoms with van der Waals surface area (Å²) in [6.07, 6.45) is 2.86. The van der Waals surface area contributed by atoms with Crippen molar-refractivity contribution >= 4 is 15.6 Å². The Hall–Kier alpha value is -0.298. The van der Waals surface area contributed by atoms with Crippen LogP contribution in [0.1, 0.15) is 20.8 Å². The van der Waals surface area contributed by atoms with E-state index in [9.17, 15) is 0 Å². The van der Waals surface area contributed by atoms with Crippen LogP contribution >= 0.6 is 0 Å². The minimum absolute atomic E-state index is 0.179. The van der Waals surface area contributed by atoms with Gasteiger partial charge in [0.15, 0.2) is 8.32 Å². The van der Waals surface area contributed by atoms with E-state index in [2.05, 4.69) is 38.5 Å². The molecule has 0 aromatic rings. The first-order valence-corrected chi connectivity index (χ1v) is 7.88. The van der Waals surface area contributed by atoms with Gasteiger partial charge in [-0.1, -0.05) is 20.8 Å². The number of hydrogen-bond acceptors (Lipinski definition) is 4. The van der Waals surface area contributed by atoms with E-state index in [1.54, 1.807) is 6.08 Å². The first-order chi connectivity index (χ1) is 6.67. The Morgan fingerprint density at radius 3 is 2.20 bits per heavy atom. The monoisotopic (exact) mass is 232 g/mol. The molecule has 15 heavy (non-hydrogen) atoms. The molecule has 4 nitrogen and oxygen atoms in total. The number of rotatable bonds is 5. The molecule has 6 heteroatoms. The molecule has 0 unspecified atom stereocenters. The van der Waals surface area contributed by atoms with E-state index in [4.69, 9.17) is 14.5 Å². The summed E-state index contributed by atoms with van der Waals surface area (Å²) in [6, 6.07) is 0. The van der Waals surface area contributed by atoms with Crippen molar-refractivity contribution in [3.8, 4) is 0 Å². The van der Waals surface area contributed by atoms with Crippen LogP contribution in [0.5, 0.6) is 0 Å². The molecule has 0 atom stereocenters. The summed E-state index contributed by atoms with van der Waals surface area (Å²) < 4.78 is 10.2. The molecule has 2 N–H and O–H groups in total. The molecular weight excluding hydrogens is 211 g/mol. The first-order valence-electron chi connectivity index (χ1n) is 4.97. The van der Waals surface area contributed by atoms with Crippen molar-refractivity contribution in [2.24, 2.45) is 0 Å². The molecule has 0 aliphatic heterocycles. The topological polar surface area (TPSA) is 58.9 Å². The van der Waals surface area contributed by atoms with Crippen molar-refractivity contribution in [2.45, 2.75) is 38.9 Å². The highest BCUT2D eigenvalue weighted by Crippen LogP contribution is 2.36. The summed E-state index contributed by atoms with van der Waals surface area (Å²) in [7, 11) is -3.47. The zero-order valence-electron chi connectivity index (χ0n) is 10.2. The average Bonchev–Trinajstić information content (AvgIpc) is 2.00. The van der Waals surface area contributed by atoms with E-state index in [1.807, 2.05) is 0 Å². The van der Waals surface area contributed by atoms with Crippen LogP contribution in [0, 0.1) is 0 Å². The van der Waals surface area contributed by atoms with Gasteiger partial charge in [0.05, 0.1) is 12.9 Å². The summed E-state index contributed by atoms with van der Waals surface area (Å²) in [4.78, 5) is 0. The van der Waals surface area contributed by atoms with Gasteiger partial charge in [0.25, 0.3) is 0 Å². The van der Waals surface area contributed by atoms with E-state index in [-0.39, 0.29) is 5.04 Å². The Labute approximate surface area is 93.2 Å². The Morgan fingerprint density at radius 2 is 1.80 bits per heavy atom. The third-order valence-corrected chi connectivity index (χ3v) is 7.14. The van der Waals surface area contributed by atoms with Crippen LogP contribution in [0.25, 0.3) is 0 Å². The van der Waals surface area contributed by atoms with Gasteiger partial charge in [-0.25, -0.2) is 0 Å². The van der Waals surface area contributed by atoms with E-state index in [0.29, 0.717) is 6.61 Å². The van der Waals surface area contributed by atoms with Gasteiger partial charge in [-0.3, -0.25) is 0 Å². The normalized spacial score (nSPS) is 13.3. The SMILES string of the molecule is CC(C)(C)[Si](C)(C)OC/C=C/OB(O)O. The molecule has 0 aliphatic rings. The lowest BCUT2D eigenvalue weighted by Crippen LogP contribution is -2.40. The molecule has 0 bridgehead atoms. The summed E-state index contributed by atoms with van der Waals surface area (Å²) >= 11 is 0. The van der Waals surface area contributed by atoms with Crippen molar-refractivity contribution < 1.29 is 19.1 Å². The molecule has 0 saturated carbocycles. The van der Waals surface area contributed by atoms with Gasteiger partial charge >= 0.3 is 7.32 Å². The van der Waals surface area contributed by atoms with Gasteiger partial charge in [-0.05, 0) is 24.2 Å². The lowest BCUT2D eigenvalue weighted by molar-refractivity contribution is 0.254. The quantitative estimate of drug-likeness (QED) is 0.557. The molecule has 88 valence electrons. The molecule has 0 aliphatic carbocycles. The van der Waals surface area contributed by atoms with E-state index >= 15 is 0 Å². The fourth-order valence-electron chi connectivity index (χ4n) is 0.638. The van der Waals surface area contributed by atoms with Crippen LogP contribution in [0.15, 0.2) is 12.3 Å². The summed E-state index contributed by atoms with van der Waals surface area (Å²) in [5.41, 5.74) is 0. The average molecular weight is 232 g/mol. The smallest absolute Gasteiger partial charge is 0.519 e. The highest BCUT2D eigenvalue weighted by Gasteiger charge is 2.36. The van der Waals surface area contributed by atoms with Crippen molar-refractivity contribution in [1.29, 1.82) is 0 Å². The minimum Gasteiger partial charge on any atom is -0.519 e. The van der Waals surface area contributed by atoms with Gasteiger partial charge in [0.1, 0.15) is 0 Å². The zero-order valence-corrected chi connectivity index (χ0v) is 11.2. The molecule has 0 amide bonds. The van der Waals surface area contributed by atoms with E-state index in [0.717, 1.165) is 0 Å². The minimum atomic E-state index is -1.76. The van der Waals surface area contributed by atoms with Crippen LogP contribution in [-0.4, -0.2) is 32.3 Å². The van der Waals surface area contributed by atoms with Crippen LogP contribution in [0.4, 0.5) is 0 Å². The first kappa shape index (κ1) is 14.7. The van der Waals surface area contributed by atoms with Crippen LogP contribution in [0.2, 0.25) is 18.1 Å². The zero-order chi connectivity index (χ0) is 12.1. The van der Waals surface area contributed by atoms with Crippen molar-refractivity contribution in [1.82, 2.24) is 0 Å². The third-order valence-electron chi connectivity index (χ3n) is 2.64. The van der Waals surface area contributed by atoms with Crippen molar-refractivity contribution in [3.05, 3.63) is 12.3 Å². The standard InChI is InChI=1S/C9H21BO4Si/c1-9(2,3)15(4,5)14-8-6-7-13-10(11)12/h6-7,11-12H,8H2,1-5H3/b7-6+. The Kier molecular flexibility index (Phi) is 5.58. The molecule has 0 aromatic heterocycles. The summed E-state index contributed by atoms with van der Waals surface area (Å²) in [6.45, 7) is 11.2. The molecule has 0 fully saturated rings. The van der Waals surface area contributed by atoms with Crippen molar-refractivity contribution in [2.75, 3.05) is 6.61 Å². The molecular formula is C9H21BO4Si. The predicted octanol–water partition coefficient (Wildman–Crippen LogP) is 1.51. The summed E-state index contributed by atoms with van der Waals surface area (Å²) in [5.74, 6) is 0. The molecule has 0 heterocycles. The predicted molar refractivity (Wildman–Crippen MR) is 63.6 cm³/mol. The van der Waals surface area contributed by atoms with Crippen molar-refractivity contribution in [3.63, 3.8) is 0 Å². The lowest BCUT2D eigenvalue weighted by Gasteiger charge is -2.35. The lowest BCUT2D eigenvalue weighted by atomic mass is 10.2. The second kappa shape index (κ2) is 5.70. The fraction of sp³-hybridized carbons (Fsp3) is 0.778. The van der Waals surface area contributed by atoms with Gasteiger partial charge in [0, 0.05) is 0 Å². The number of hydrogen-bond donors (Lipinski definition) is 2. The molecule has 0 aromatic carbocycles. The Morgan fingerprint density at radius 1 is 1.27 bits per heavy atom. The molecule has 0 spiro atoms. The highest BCUT2D eigenvalue weighted by atomic mass is 28.4. The van der Waals surface area contributed by atoms with E-state index in [1.165, 1.54) is 6.26 Å². The van der Waals surface area contributed by atoms with Gasteiger partial charge in [0.2, 0.25) is 0 Å². The van der Waals surface area contributed by atoms with E-state index < -0.39 is 15.6 Å². The fourth-order valence-corrected chi connectivity index (χ4v) is 1.58. The molecule has 0 rings (SSSR count). The van der Waals surface area contributed by atoms with Crippen LogP contribution < -0.4 is 0 Å². The maximum atomic E-state index is 8.39. The second-order valence-electron chi connectivity index (χ2n) is 4.91. The van der Waals surface area contributed by atoms with Gasteiger partial charge < -0.3 is 19.1 Å². The van der Waals surface area contributed by atoms with Gasteiger partial charge in [-0.2, -0.15) is 0 Å². The largest absolute Gasteiger partial charge is 0.707 e. The van der Waals surface area contributed by atoms with Crippen LogP contribution in [0.3, 0.4) is 0 Å². The molecule has 0 radical (unpaired) electrons. The second-order valence-corrected chi connectivity index (χ2v) is 9.71. The Balaban J connectivity index is 3.91. The Bertz CT molecular complexity index is 211. The highest BCUT2D eigenvalue weighted by molar-refractivity contribution is 6.74. The third kappa shape index (κ3) is 5.99. The molecule has 0 saturated heterocycles.